The smallest absolute Gasteiger partial charge is 0.238 e. The van der Waals surface area contributed by atoms with Crippen LogP contribution in [0.5, 0.6) is 0 Å². The first-order valence-electron chi connectivity index (χ1n) is 21.5. The van der Waals surface area contributed by atoms with Gasteiger partial charge in [-0.25, -0.2) is 4.98 Å². The van der Waals surface area contributed by atoms with Crippen LogP contribution in [0.15, 0.2) is 219 Å². The Morgan fingerprint density at radius 2 is 0.969 bits per heavy atom. The molecule has 0 spiro atoms. The third kappa shape index (κ3) is 6.05. The number of aromatic nitrogens is 5. The fourth-order valence-electron chi connectivity index (χ4n) is 9.46. The summed E-state index contributed by atoms with van der Waals surface area (Å²) in [6.07, 6.45) is 1.82. The van der Waals surface area contributed by atoms with Gasteiger partial charge in [0.2, 0.25) is 5.95 Å². The topological polar surface area (TPSA) is 48.5 Å². The van der Waals surface area contributed by atoms with Crippen LogP contribution in [-0.2, 0) is 0 Å². The number of nitrogens with zero attached hydrogens (tertiary/aromatic N) is 5. The van der Waals surface area contributed by atoms with Gasteiger partial charge in [0.15, 0.2) is 11.6 Å². The maximum Gasteiger partial charge on any atom is 0.238 e. The molecule has 0 aliphatic carbocycles. The van der Waals surface area contributed by atoms with Crippen molar-refractivity contribution in [1.82, 2.24) is 24.1 Å². The van der Waals surface area contributed by atoms with E-state index in [2.05, 4.69) is 204 Å². The van der Waals surface area contributed by atoms with Gasteiger partial charge in [-0.15, -0.1) is 0 Å². The molecule has 3 aromatic heterocycles. The highest BCUT2D eigenvalue weighted by atomic mass is 15.2. The lowest BCUT2D eigenvalue weighted by molar-refractivity contribution is 0.932. The average molecular weight is 818 g/mol. The standard InChI is InChI=1S/C59H39N5/c1-3-45(46-21-9-7-16-38(46)2)57-60-58(50-25-15-20-41-19-8-10-22-47(41)50)62-59(61-57)64-54-27-14-12-24-49(54)52-37-43(31-35-56(52)64)42-30-34-55-51(36-42)48-23-11-13-26-53(48)63(55)44-32-28-40(29-33-44)39-17-5-4-6-18-39/h3-37H,1-2H2/b46-45+. The Morgan fingerprint density at radius 1 is 0.422 bits per heavy atom. The van der Waals surface area contributed by atoms with Gasteiger partial charge >= 0.3 is 0 Å². The van der Waals surface area contributed by atoms with Crippen molar-refractivity contribution in [3.05, 3.63) is 235 Å². The number of para-hydroxylation sites is 2. The molecule has 0 bridgehead atoms. The molecule has 0 aliphatic rings. The monoisotopic (exact) mass is 817 g/mol. The highest BCUT2D eigenvalue weighted by Crippen LogP contribution is 2.39. The molecule has 0 unspecified atom stereocenters. The molecule has 0 fully saturated rings. The second-order valence-electron chi connectivity index (χ2n) is 16.2. The zero-order valence-electron chi connectivity index (χ0n) is 34.9. The summed E-state index contributed by atoms with van der Waals surface area (Å²) in [5, 5.41) is 8.62. The SMILES string of the molecule is C=C/C(c1nc(-c2cccc3ccccc23)nc(-n2c3ccccc3c3cc(-c4ccc5c(c4)c4ccccc4n5-c4ccc(-c5ccccc5)cc4)ccc32)n1)=c1/ccccc1=C. The minimum atomic E-state index is 0.527. The van der Waals surface area contributed by atoms with Crippen LogP contribution in [0.3, 0.4) is 0 Å². The Bertz CT molecular complexity index is 3930. The van der Waals surface area contributed by atoms with Crippen molar-refractivity contribution >= 4 is 66.5 Å². The predicted molar refractivity (Wildman–Crippen MR) is 266 cm³/mol. The van der Waals surface area contributed by atoms with Crippen LogP contribution < -0.4 is 10.4 Å². The molecule has 0 radical (unpaired) electrons. The van der Waals surface area contributed by atoms with Crippen molar-refractivity contribution in [2.24, 2.45) is 0 Å². The fraction of sp³-hybridized carbons (Fsp3) is 0. The molecule has 3 heterocycles. The molecule has 9 aromatic carbocycles. The molecular formula is C59H39N5. The molecule has 5 heteroatoms. The zero-order valence-corrected chi connectivity index (χ0v) is 34.9. The van der Waals surface area contributed by atoms with Crippen LogP contribution >= 0.6 is 0 Å². The van der Waals surface area contributed by atoms with E-state index in [-0.39, 0.29) is 0 Å². The molecule has 300 valence electrons. The van der Waals surface area contributed by atoms with Gasteiger partial charge in [-0.05, 0) is 92.0 Å². The maximum absolute atomic E-state index is 5.30. The molecule has 0 N–H and O–H groups in total. The van der Waals surface area contributed by atoms with Crippen molar-refractivity contribution in [3.8, 4) is 45.3 Å². The predicted octanol–water partition coefficient (Wildman–Crippen LogP) is 13.0. The lowest BCUT2D eigenvalue weighted by atomic mass is 10.0. The number of hydrogen-bond acceptors (Lipinski definition) is 3. The molecule has 0 saturated heterocycles. The van der Waals surface area contributed by atoms with Crippen LogP contribution in [0.25, 0.3) is 112 Å². The number of fused-ring (bicyclic) bond motifs is 7. The minimum Gasteiger partial charge on any atom is -0.309 e. The molecule has 0 amide bonds. The first-order chi connectivity index (χ1) is 31.6. The van der Waals surface area contributed by atoms with E-state index in [1.54, 1.807) is 0 Å². The summed E-state index contributed by atoms with van der Waals surface area (Å²) in [6, 6.07) is 72.9. The van der Waals surface area contributed by atoms with Crippen molar-refractivity contribution < 1.29 is 0 Å². The van der Waals surface area contributed by atoms with Crippen LogP contribution in [0.4, 0.5) is 0 Å². The lowest BCUT2D eigenvalue weighted by Crippen LogP contribution is -2.26. The van der Waals surface area contributed by atoms with Crippen molar-refractivity contribution in [1.29, 1.82) is 0 Å². The van der Waals surface area contributed by atoms with Gasteiger partial charge in [0, 0.05) is 38.4 Å². The Balaban J connectivity index is 1.03. The molecular weight excluding hydrogens is 779 g/mol. The molecule has 12 aromatic rings. The molecule has 12 rings (SSSR count). The molecule has 5 nitrogen and oxygen atoms in total. The van der Waals surface area contributed by atoms with Gasteiger partial charge in [0.25, 0.3) is 0 Å². The van der Waals surface area contributed by atoms with E-state index in [0.717, 1.165) is 71.0 Å². The van der Waals surface area contributed by atoms with Crippen LogP contribution in [0.2, 0.25) is 0 Å². The quantitative estimate of drug-likeness (QED) is 0.161. The Kier molecular flexibility index (Phi) is 8.73. The first-order valence-corrected chi connectivity index (χ1v) is 21.5. The van der Waals surface area contributed by atoms with Gasteiger partial charge in [0.1, 0.15) is 0 Å². The normalized spacial score (nSPS) is 12.1. The summed E-state index contributed by atoms with van der Waals surface area (Å²) < 4.78 is 4.55. The molecule has 0 atom stereocenters. The highest BCUT2D eigenvalue weighted by Gasteiger charge is 2.20. The van der Waals surface area contributed by atoms with E-state index in [0.29, 0.717) is 17.6 Å². The highest BCUT2D eigenvalue weighted by molar-refractivity contribution is 6.12. The summed E-state index contributed by atoms with van der Waals surface area (Å²) in [4.78, 5) is 15.7. The second-order valence-corrected chi connectivity index (χ2v) is 16.2. The third-order valence-electron chi connectivity index (χ3n) is 12.5. The van der Waals surface area contributed by atoms with Gasteiger partial charge < -0.3 is 4.57 Å². The fourth-order valence-corrected chi connectivity index (χ4v) is 9.46. The summed E-state index contributed by atoms with van der Waals surface area (Å²) in [5.74, 6) is 1.64. The van der Waals surface area contributed by atoms with Crippen molar-refractivity contribution in [2.45, 2.75) is 0 Å². The minimum absolute atomic E-state index is 0.527. The zero-order chi connectivity index (χ0) is 42.7. The maximum atomic E-state index is 5.30. The molecule has 0 saturated carbocycles. The van der Waals surface area contributed by atoms with E-state index in [1.807, 2.05) is 30.3 Å². The Labute approximate surface area is 369 Å². The number of rotatable bonds is 7. The van der Waals surface area contributed by atoms with E-state index in [1.165, 1.54) is 32.9 Å². The Hall–Kier alpha value is -8.67. The first kappa shape index (κ1) is 37.1. The van der Waals surface area contributed by atoms with Crippen molar-refractivity contribution in [3.63, 3.8) is 0 Å². The van der Waals surface area contributed by atoms with Gasteiger partial charge in [-0.2, -0.15) is 9.97 Å². The van der Waals surface area contributed by atoms with Gasteiger partial charge in [-0.3, -0.25) is 4.57 Å². The van der Waals surface area contributed by atoms with Crippen LogP contribution in [0, 0.1) is 0 Å². The largest absolute Gasteiger partial charge is 0.309 e. The number of hydrogen-bond donors (Lipinski definition) is 0. The summed E-state index contributed by atoms with van der Waals surface area (Å²) >= 11 is 0. The van der Waals surface area contributed by atoms with E-state index in [9.17, 15) is 0 Å². The summed E-state index contributed by atoms with van der Waals surface area (Å²) in [6.45, 7) is 8.57. The summed E-state index contributed by atoms with van der Waals surface area (Å²) in [7, 11) is 0. The lowest BCUT2D eigenvalue weighted by Gasteiger charge is -2.13. The van der Waals surface area contributed by atoms with Gasteiger partial charge in [-0.1, -0.05) is 177 Å². The van der Waals surface area contributed by atoms with E-state index >= 15 is 0 Å². The third-order valence-corrected chi connectivity index (χ3v) is 12.5. The number of allylic oxidation sites excluding steroid dienone is 1. The van der Waals surface area contributed by atoms with Crippen LogP contribution in [-0.4, -0.2) is 24.1 Å². The number of benzene rings is 9. The average Bonchev–Trinajstić information content (AvgIpc) is 3.87. The Morgan fingerprint density at radius 3 is 1.67 bits per heavy atom. The van der Waals surface area contributed by atoms with Crippen molar-refractivity contribution in [2.75, 3.05) is 0 Å². The van der Waals surface area contributed by atoms with E-state index in [4.69, 9.17) is 15.0 Å². The molecule has 0 aliphatic heterocycles. The second kappa shape index (κ2) is 15.0. The van der Waals surface area contributed by atoms with E-state index < -0.39 is 0 Å². The molecule has 64 heavy (non-hydrogen) atoms. The van der Waals surface area contributed by atoms with Crippen LogP contribution in [0.1, 0.15) is 5.82 Å². The summed E-state index contributed by atoms with van der Waals surface area (Å²) in [5.41, 5.74) is 11.9. The van der Waals surface area contributed by atoms with Gasteiger partial charge in [0.05, 0.1) is 22.1 Å².